The van der Waals surface area contributed by atoms with Crippen LogP contribution in [0.2, 0.25) is 0 Å². The zero-order valence-electron chi connectivity index (χ0n) is 9.00. The highest BCUT2D eigenvalue weighted by molar-refractivity contribution is 7.80. The van der Waals surface area contributed by atoms with Crippen LogP contribution in [0.1, 0.15) is 26.7 Å². The highest BCUT2D eigenvalue weighted by Gasteiger charge is 2.25. The Hall–Kier alpha value is -1.10. The maximum absolute atomic E-state index is 11.6. The number of ether oxygens (including phenoxy) is 1. The van der Waals surface area contributed by atoms with E-state index >= 15 is 0 Å². The number of hydrogen-bond donors (Lipinski definition) is 2. The van der Waals surface area contributed by atoms with Crippen molar-refractivity contribution in [3.63, 3.8) is 0 Å². The molecule has 0 aromatic heterocycles. The van der Waals surface area contributed by atoms with Gasteiger partial charge in [-0.2, -0.15) is 0 Å². The largest absolute Gasteiger partial charge is 0.463 e. The van der Waals surface area contributed by atoms with E-state index in [1.54, 1.807) is 13.1 Å². The highest BCUT2D eigenvalue weighted by atomic mass is 32.1. The topological polar surface area (TPSA) is 50.4 Å². The number of carbonyl (C=O) groups excluding carboxylic acids is 1. The predicted octanol–water partition coefficient (Wildman–Crippen LogP) is 1.08. The van der Waals surface area contributed by atoms with Crippen LogP contribution >= 0.6 is 12.2 Å². The second-order valence-corrected chi connectivity index (χ2v) is 3.69. The summed E-state index contributed by atoms with van der Waals surface area (Å²) in [5, 5.41) is 6.43. The summed E-state index contributed by atoms with van der Waals surface area (Å²) >= 11 is 4.98. The lowest BCUT2D eigenvalue weighted by atomic mass is 10.0. The van der Waals surface area contributed by atoms with Gasteiger partial charge in [0.15, 0.2) is 5.11 Å². The smallest absolute Gasteiger partial charge is 0.337 e. The fraction of sp³-hybridized carbons (Fsp3) is 0.600. The lowest BCUT2D eigenvalue weighted by Crippen LogP contribution is -2.47. The molecule has 0 bridgehead atoms. The number of hydrogen-bond acceptors (Lipinski definition) is 3. The van der Waals surface area contributed by atoms with Crippen LogP contribution in [-0.2, 0) is 9.53 Å². The van der Waals surface area contributed by atoms with Crippen molar-refractivity contribution in [2.75, 3.05) is 6.61 Å². The van der Waals surface area contributed by atoms with Crippen molar-refractivity contribution in [1.29, 1.82) is 0 Å². The molecule has 1 atom stereocenters. The van der Waals surface area contributed by atoms with Crippen molar-refractivity contribution >= 4 is 23.3 Å². The third-order valence-corrected chi connectivity index (χ3v) is 2.36. The normalized spacial score (nSPS) is 20.0. The maximum Gasteiger partial charge on any atom is 0.337 e. The third kappa shape index (κ3) is 3.20. The van der Waals surface area contributed by atoms with Gasteiger partial charge in [-0.3, -0.25) is 0 Å². The highest BCUT2D eigenvalue weighted by Crippen LogP contribution is 2.13. The Labute approximate surface area is 95.1 Å². The minimum absolute atomic E-state index is 0.0252. The van der Waals surface area contributed by atoms with Gasteiger partial charge < -0.3 is 15.4 Å². The molecule has 0 saturated carbocycles. The molecule has 1 heterocycles. The molecule has 84 valence electrons. The average Bonchev–Trinajstić information content (AvgIpc) is 2.18. The van der Waals surface area contributed by atoms with Gasteiger partial charge in [0.2, 0.25) is 0 Å². The van der Waals surface area contributed by atoms with E-state index in [-0.39, 0.29) is 12.0 Å². The van der Waals surface area contributed by atoms with Crippen LogP contribution < -0.4 is 10.6 Å². The van der Waals surface area contributed by atoms with Gasteiger partial charge in [0.25, 0.3) is 0 Å². The Balaban J connectivity index is 2.73. The summed E-state index contributed by atoms with van der Waals surface area (Å²) in [5.74, 6) is -0.279. The third-order valence-electron chi connectivity index (χ3n) is 2.13. The van der Waals surface area contributed by atoms with Gasteiger partial charge in [-0.1, -0.05) is 13.3 Å². The van der Waals surface area contributed by atoms with Gasteiger partial charge in [-0.05, 0) is 25.6 Å². The molecule has 0 aromatic rings. The molecule has 1 rings (SSSR count). The van der Waals surface area contributed by atoms with Crippen molar-refractivity contribution in [2.24, 2.45) is 0 Å². The monoisotopic (exact) mass is 228 g/mol. The van der Waals surface area contributed by atoms with Gasteiger partial charge in [0.1, 0.15) is 0 Å². The molecule has 0 aliphatic carbocycles. The van der Waals surface area contributed by atoms with Crippen LogP contribution in [0, 0.1) is 0 Å². The summed E-state index contributed by atoms with van der Waals surface area (Å²) in [6, 6.07) is -0.0252. The SMILES string of the molecule is CCCC1NC(=S)NC=C1C(=O)OCC. The fourth-order valence-electron chi connectivity index (χ4n) is 1.45. The first-order chi connectivity index (χ1) is 7.19. The van der Waals surface area contributed by atoms with E-state index < -0.39 is 0 Å². The van der Waals surface area contributed by atoms with E-state index in [4.69, 9.17) is 17.0 Å². The molecule has 0 fully saturated rings. The van der Waals surface area contributed by atoms with E-state index in [0.717, 1.165) is 12.8 Å². The van der Waals surface area contributed by atoms with Crippen LogP contribution in [0.5, 0.6) is 0 Å². The van der Waals surface area contributed by atoms with E-state index in [0.29, 0.717) is 17.3 Å². The van der Waals surface area contributed by atoms with Crippen LogP contribution in [0.25, 0.3) is 0 Å². The van der Waals surface area contributed by atoms with Crippen molar-refractivity contribution in [1.82, 2.24) is 10.6 Å². The number of nitrogens with one attached hydrogen (secondary N) is 2. The molecule has 1 aliphatic heterocycles. The molecule has 0 saturated heterocycles. The van der Waals surface area contributed by atoms with Crippen LogP contribution in [-0.4, -0.2) is 23.7 Å². The number of thiocarbonyl (C=S) groups is 1. The molecule has 0 spiro atoms. The molecule has 1 unspecified atom stereocenters. The Morgan fingerprint density at radius 2 is 2.33 bits per heavy atom. The summed E-state index contributed by atoms with van der Waals surface area (Å²) in [7, 11) is 0. The maximum atomic E-state index is 11.6. The van der Waals surface area contributed by atoms with Crippen LogP contribution in [0.4, 0.5) is 0 Å². The van der Waals surface area contributed by atoms with E-state index in [1.165, 1.54) is 0 Å². The molecule has 5 heteroatoms. The predicted molar refractivity (Wildman–Crippen MR) is 62.3 cm³/mol. The summed E-state index contributed by atoms with van der Waals surface area (Å²) in [6.45, 7) is 4.25. The molecule has 0 radical (unpaired) electrons. The molecule has 0 amide bonds. The quantitative estimate of drug-likeness (QED) is 0.557. The molecule has 15 heavy (non-hydrogen) atoms. The fourth-order valence-corrected chi connectivity index (χ4v) is 1.65. The molecule has 2 N–H and O–H groups in total. The number of carbonyl (C=O) groups is 1. The van der Waals surface area contributed by atoms with Gasteiger partial charge in [-0.25, -0.2) is 4.79 Å². The number of esters is 1. The Bertz CT molecular complexity index is 289. The second kappa shape index (κ2) is 5.70. The van der Waals surface area contributed by atoms with Crippen molar-refractivity contribution in [3.8, 4) is 0 Å². The van der Waals surface area contributed by atoms with Crippen molar-refractivity contribution in [3.05, 3.63) is 11.8 Å². The van der Waals surface area contributed by atoms with Crippen molar-refractivity contribution in [2.45, 2.75) is 32.7 Å². The molecular weight excluding hydrogens is 212 g/mol. The van der Waals surface area contributed by atoms with Gasteiger partial charge in [0, 0.05) is 6.20 Å². The average molecular weight is 228 g/mol. The van der Waals surface area contributed by atoms with E-state index in [9.17, 15) is 4.79 Å². The van der Waals surface area contributed by atoms with E-state index in [2.05, 4.69) is 17.6 Å². The summed E-state index contributed by atoms with van der Waals surface area (Å²) in [6.07, 6.45) is 3.49. The molecule has 4 nitrogen and oxygen atoms in total. The van der Waals surface area contributed by atoms with Crippen LogP contribution in [0.3, 0.4) is 0 Å². The molecular formula is C10H16N2O2S. The molecule has 1 aliphatic rings. The second-order valence-electron chi connectivity index (χ2n) is 3.28. The first-order valence-corrected chi connectivity index (χ1v) is 5.54. The summed E-state index contributed by atoms with van der Waals surface area (Å²) in [4.78, 5) is 11.6. The minimum Gasteiger partial charge on any atom is -0.463 e. The lowest BCUT2D eigenvalue weighted by Gasteiger charge is -2.25. The van der Waals surface area contributed by atoms with E-state index in [1.807, 2.05) is 0 Å². The minimum atomic E-state index is -0.279. The lowest BCUT2D eigenvalue weighted by molar-refractivity contribution is -0.138. The Kier molecular flexibility index (Phi) is 4.55. The van der Waals surface area contributed by atoms with Gasteiger partial charge in [-0.15, -0.1) is 0 Å². The van der Waals surface area contributed by atoms with Crippen LogP contribution in [0.15, 0.2) is 11.8 Å². The van der Waals surface area contributed by atoms with Crippen molar-refractivity contribution < 1.29 is 9.53 Å². The number of rotatable bonds is 4. The standard InChI is InChI=1S/C10H16N2O2S/c1-3-5-8-7(9(13)14-4-2)6-11-10(15)12-8/h6,8H,3-5H2,1-2H3,(H2,11,12,15). The summed E-state index contributed by atoms with van der Waals surface area (Å²) in [5.41, 5.74) is 0.618. The zero-order chi connectivity index (χ0) is 11.3. The zero-order valence-corrected chi connectivity index (χ0v) is 9.82. The van der Waals surface area contributed by atoms with Gasteiger partial charge in [0.05, 0.1) is 18.2 Å². The van der Waals surface area contributed by atoms with Gasteiger partial charge >= 0.3 is 5.97 Å². The Morgan fingerprint density at radius 3 is 2.93 bits per heavy atom. The summed E-state index contributed by atoms with van der Waals surface area (Å²) < 4.78 is 4.96. The first kappa shape index (κ1) is 12.0. The molecule has 0 aromatic carbocycles. The first-order valence-electron chi connectivity index (χ1n) is 5.13. The Morgan fingerprint density at radius 1 is 1.60 bits per heavy atom.